The van der Waals surface area contributed by atoms with Crippen molar-refractivity contribution in [3.8, 4) is 11.8 Å². The van der Waals surface area contributed by atoms with Gasteiger partial charge in [-0.3, -0.25) is 4.90 Å². The maximum Gasteiger partial charge on any atom is 0.0604 e. The predicted octanol–water partition coefficient (Wildman–Crippen LogP) is 1.99. The molecule has 1 nitrogen and oxygen atoms in total. The van der Waals surface area contributed by atoms with E-state index in [0.29, 0.717) is 5.92 Å². The van der Waals surface area contributed by atoms with Crippen molar-refractivity contribution in [3.63, 3.8) is 0 Å². The Bertz CT molecular complexity index is 296. The zero-order valence-corrected chi connectivity index (χ0v) is 9.16. The van der Waals surface area contributed by atoms with Gasteiger partial charge < -0.3 is 0 Å². The maximum atomic E-state index is 3.33. The molecule has 3 rings (SSSR count). The summed E-state index contributed by atoms with van der Waals surface area (Å²) in [5.74, 6) is 10.4. The molecule has 0 aromatic carbocycles. The molecule has 0 N–H and O–H groups in total. The summed E-state index contributed by atoms with van der Waals surface area (Å²) in [7, 11) is 0. The third-order valence-corrected chi connectivity index (χ3v) is 4.15. The first-order chi connectivity index (χ1) is 6.75. The molecule has 14 heavy (non-hydrogen) atoms. The van der Waals surface area contributed by atoms with Crippen LogP contribution in [0.2, 0.25) is 0 Å². The quantitative estimate of drug-likeness (QED) is 0.570. The number of rotatable bonds is 1. The Hall–Kier alpha value is -0.480. The fraction of sp³-hybridized carbons (Fsp3) is 0.846. The molecule has 1 saturated heterocycles. The van der Waals surface area contributed by atoms with Crippen molar-refractivity contribution in [3.05, 3.63) is 0 Å². The van der Waals surface area contributed by atoms with E-state index in [1.165, 1.54) is 19.4 Å². The second kappa shape index (κ2) is 3.00. The van der Waals surface area contributed by atoms with Crippen molar-refractivity contribution in [1.29, 1.82) is 0 Å². The Morgan fingerprint density at radius 2 is 2.14 bits per heavy atom. The average molecular weight is 189 g/mol. The fourth-order valence-electron chi connectivity index (χ4n) is 3.48. The van der Waals surface area contributed by atoms with Crippen molar-refractivity contribution >= 4 is 0 Å². The first-order valence-electron chi connectivity index (χ1n) is 5.98. The first-order valence-corrected chi connectivity index (χ1v) is 5.98. The highest BCUT2D eigenvalue weighted by Gasteiger charge is 2.60. The summed E-state index contributed by atoms with van der Waals surface area (Å²) in [5, 5.41) is 0. The van der Waals surface area contributed by atoms with E-state index < -0.39 is 0 Å². The average Bonchev–Trinajstić information content (AvgIpc) is 2.75. The summed E-state index contributed by atoms with van der Waals surface area (Å²) in [5.41, 5.74) is 0. The molecule has 2 aliphatic carbocycles. The van der Waals surface area contributed by atoms with E-state index >= 15 is 0 Å². The molecule has 0 aromatic rings. The lowest BCUT2D eigenvalue weighted by Crippen LogP contribution is -2.34. The monoisotopic (exact) mass is 189 g/mol. The molecule has 0 unspecified atom stereocenters. The molecule has 3 fully saturated rings. The van der Waals surface area contributed by atoms with Gasteiger partial charge in [0, 0.05) is 18.5 Å². The van der Waals surface area contributed by atoms with Crippen molar-refractivity contribution in [2.75, 3.05) is 13.1 Å². The van der Waals surface area contributed by atoms with Crippen molar-refractivity contribution < 1.29 is 0 Å². The fourth-order valence-corrected chi connectivity index (χ4v) is 3.48. The number of hydrogen-bond donors (Lipinski definition) is 0. The molecule has 2 bridgehead atoms. The smallest absolute Gasteiger partial charge is 0.0604 e. The van der Waals surface area contributed by atoms with E-state index in [2.05, 4.69) is 30.6 Å². The lowest BCUT2D eigenvalue weighted by atomic mass is 10.1. The lowest BCUT2D eigenvalue weighted by molar-refractivity contribution is 0.228. The minimum Gasteiger partial charge on any atom is -0.289 e. The van der Waals surface area contributed by atoms with Crippen LogP contribution in [-0.4, -0.2) is 24.0 Å². The number of hydrogen-bond acceptors (Lipinski definition) is 1. The standard InChI is InChI=1S/C13H19N/c1-9(2)4-3-5-14-8-10-6-13(14)12-7-11(10)12/h9-13H,5-8H2,1-2H3/t10-,11-,12-,13-/m0/s1. The SMILES string of the molecule is CC(C)C#CCN1C[C@@H]2C[C@H]1[C@H]1C[C@@H]21. The largest absolute Gasteiger partial charge is 0.289 e. The summed E-state index contributed by atoms with van der Waals surface area (Å²) in [4.78, 5) is 2.63. The van der Waals surface area contributed by atoms with E-state index in [0.717, 1.165) is 30.3 Å². The summed E-state index contributed by atoms with van der Waals surface area (Å²) < 4.78 is 0. The van der Waals surface area contributed by atoms with Crippen LogP contribution in [0.3, 0.4) is 0 Å². The van der Waals surface area contributed by atoms with E-state index in [4.69, 9.17) is 0 Å². The van der Waals surface area contributed by atoms with Crippen LogP contribution in [0.5, 0.6) is 0 Å². The molecule has 1 heterocycles. The molecule has 0 aromatic heterocycles. The topological polar surface area (TPSA) is 3.24 Å². The van der Waals surface area contributed by atoms with Gasteiger partial charge in [0.15, 0.2) is 0 Å². The second-order valence-electron chi connectivity index (χ2n) is 5.53. The zero-order valence-electron chi connectivity index (χ0n) is 9.16. The molecule has 0 radical (unpaired) electrons. The molecule has 4 atom stereocenters. The van der Waals surface area contributed by atoms with Gasteiger partial charge in [-0.05, 0) is 30.6 Å². The van der Waals surface area contributed by atoms with Crippen LogP contribution in [0.1, 0.15) is 26.7 Å². The molecular weight excluding hydrogens is 170 g/mol. The van der Waals surface area contributed by atoms with Gasteiger partial charge in [0.2, 0.25) is 0 Å². The highest BCUT2D eigenvalue weighted by atomic mass is 15.2. The van der Waals surface area contributed by atoms with Gasteiger partial charge in [0.05, 0.1) is 6.54 Å². The van der Waals surface area contributed by atoms with Gasteiger partial charge in [0.25, 0.3) is 0 Å². The first kappa shape index (κ1) is 8.80. The third kappa shape index (κ3) is 1.28. The maximum absolute atomic E-state index is 3.33. The third-order valence-electron chi connectivity index (χ3n) is 4.15. The molecule has 76 valence electrons. The number of piperidine rings is 1. The van der Waals surface area contributed by atoms with Crippen molar-refractivity contribution in [2.24, 2.45) is 23.7 Å². The molecule has 0 spiro atoms. The van der Waals surface area contributed by atoms with Crippen molar-refractivity contribution in [1.82, 2.24) is 4.90 Å². The summed E-state index contributed by atoms with van der Waals surface area (Å²) >= 11 is 0. The van der Waals surface area contributed by atoms with Gasteiger partial charge in [-0.15, -0.1) is 0 Å². The van der Waals surface area contributed by atoms with Gasteiger partial charge in [-0.2, -0.15) is 0 Å². The van der Waals surface area contributed by atoms with Crippen LogP contribution in [0, 0.1) is 35.5 Å². The minimum absolute atomic E-state index is 0.531. The van der Waals surface area contributed by atoms with Gasteiger partial charge in [0.1, 0.15) is 0 Å². The van der Waals surface area contributed by atoms with Crippen LogP contribution in [0.25, 0.3) is 0 Å². The number of nitrogens with zero attached hydrogens (tertiary/aromatic N) is 1. The molecular formula is C13H19N. The van der Waals surface area contributed by atoms with E-state index in [9.17, 15) is 0 Å². The van der Waals surface area contributed by atoms with Crippen LogP contribution in [0.15, 0.2) is 0 Å². The molecule has 2 saturated carbocycles. The van der Waals surface area contributed by atoms with E-state index in [-0.39, 0.29) is 0 Å². The minimum atomic E-state index is 0.531. The Morgan fingerprint density at radius 3 is 2.79 bits per heavy atom. The van der Waals surface area contributed by atoms with Gasteiger partial charge in [-0.25, -0.2) is 0 Å². The van der Waals surface area contributed by atoms with Crippen LogP contribution >= 0.6 is 0 Å². The molecule has 1 aliphatic heterocycles. The summed E-state index contributed by atoms with van der Waals surface area (Å²) in [6, 6.07) is 0.923. The van der Waals surface area contributed by atoms with Crippen LogP contribution in [0.4, 0.5) is 0 Å². The Balaban J connectivity index is 1.59. The van der Waals surface area contributed by atoms with Crippen LogP contribution < -0.4 is 0 Å². The predicted molar refractivity (Wildman–Crippen MR) is 57.7 cm³/mol. The van der Waals surface area contributed by atoms with Gasteiger partial charge in [-0.1, -0.05) is 25.7 Å². The number of fused-ring (bicyclic) bond motifs is 5. The molecule has 0 amide bonds. The van der Waals surface area contributed by atoms with Crippen LogP contribution in [-0.2, 0) is 0 Å². The normalized spacial score (nSPS) is 43.6. The van der Waals surface area contributed by atoms with Crippen molar-refractivity contribution in [2.45, 2.75) is 32.7 Å². The molecule has 3 aliphatic rings. The zero-order chi connectivity index (χ0) is 9.71. The Kier molecular flexibility index (Phi) is 1.89. The van der Waals surface area contributed by atoms with E-state index in [1.807, 2.05) is 0 Å². The summed E-state index contributed by atoms with van der Waals surface area (Å²) in [6.07, 6.45) is 3.02. The second-order valence-corrected chi connectivity index (χ2v) is 5.53. The molecule has 1 heteroatoms. The lowest BCUT2D eigenvalue weighted by Gasteiger charge is -2.24. The Labute approximate surface area is 86.9 Å². The Morgan fingerprint density at radius 1 is 1.29 bits per heavy atom. The summed E-state index contributed by atoms with van der Waals surface area (Å²) in [6.45, 7) is 6.71. The number of likely N-dealkylation sites (tertiary alicyclic amines) is 1. The highest BCUT2D eigenvalue weighted by Crippen LogP contribution is 2.60. The van der Waals surface area contributed by atoms with E-state index in [1.54, 1.807) is 0 Å². The highest BCUT2D eigenvalue weighted by molar-refractivity contribution is 5.14. The van der Waals surface area contributed by atoms with Gasteiger partial charge >= 0.3 is 0 Å².